The van der Waals surface area contributed by atoms with Crippen molar-refractivity contribution < 1.29 is 0 Å². The Kier molecular flexibility index (Phi) is 3.55. The lowest BCUT2D eigenvalue weighted by atomic mass is 10.2. The third-order valence-corrected chi connectivity index (χ3v) is 2.88. The highest BCUT2D eigenvalue weighted by atomic mass is 16.1. The molecule has 0 saturated carbocycles. The number of nitrogens with zero attached hydrogens (tertiary/aromatic N) is 1. The fourth-order valence-corrected chi connectivity index (χ4v) is 1.93. The van der Waals surface area contributed by atoms with Gasteiger partial charge in [-0.3, -0.25) is 9.89 Å². The summed E-state index contributed by atoms with van der Waals surface area (Å²) < 4.78 is 1.79. The van der Waals surface area contributed by atoms with Gasteiger partial charge in [0.05, 0.1) is 6.04 Å². The van der Waals surface area contributed by atoms with Crippen LogP contribution in [0.3, 0.4) is 0 Å². The van der Waals surface area contributed by atoms with Gasteiger partial charge in [0.25, 0.3) is 5.56 Å². The number of aryl methyl sites for hydroxylation is 1. The molecule has 3 nitrogen and oxygen atoms in total. The second-order valence-corrected chi connectivity index (χ2v) is 3.71. The van der Waals surface area contributed by atoms with Gasteiger partial charge in [-0.05, 0) is 26.2 Å². The molecular formula is C11H20N2O. The number of aromatic nitrogens is 2. The molecule has 0 unspecified atom stereocenters. The smallest absolute Gasteiger partial charge is 0.270 e. The minimum atomic E-state index is 0.165. The molecule has 0 aromatic carbocycles. The molecule has 0 saturated heterocycles. The summed E-state index contributed by atoms with van der Waals surface area (Å²) in [6.07, 6.45) is 2.81. The molecule has 0 amide bonds. The molecule has 0 radical (unpaired) electrons. The van der Waals surface area contributed by atoms with Gasteiger partial charge in [-0.25, -0.2) is 4.68 Å². The summed E-state index contributed by atoms with van der Waals surface area (Å²) in [6.45, 7) is 8.22. The minimum Gasteiger partial charge on any atom is -0.299 e. The molecule has 0 fully saturated rings. The van der Waals surface area contributed by atoms with Gasteiger partial charge in [0.2, 0.25) is 0 Å². The fraction of sp³-hybridized carbons (Fsp3) is 0.727. The standard InChI is InChI=1S/C11H20N2O/c1-5-9(6-2)13-11(14)10(7-3)8(4)12-13/h9,12H,5-7H2,1-4H3. The van der Waals surface area contributed by atoms with Crippen LogP contribution in [0.1, 0.15) is 50.9 Å². The summed E-state index contributed by atoms with van der Waals surface area (Å²) in [5.74, 6) is 0. The van der Waals surface area contributed by atoms with E-state index in [2.05, 4.69) is 18.9 Å². The zero-order chi connectivity index (χ0) is 10.7. The molecule has 80 valence electrons. The number of hydrogen-bond acceptors (Lipinski definition) is 1. The lowest BCUT2D eigenvalue weighted by Gasteiger charge is -2.12. The second kappa shape index (κ2) is 4.49. The summed E-state index contributed by atoms with van der Waals surface area (Å²) in [4.78, 5) is 11.9. The Morgan fingerprint density at radius 3 is 2.21 bits per heavy atom. The molecule has 0 spiro atoms. The number of hydrogen-bond donors (Lipinski definition) is 1. The van der Waals surface area contributed by atoms with E-state index in [1.54, 1.807) is 4.68 Å². The van der Waals surface area contributed by atoms with Crippen molar-refractivity contribution in [3.8, 4) is 0 Å². The molecule has 1 N–H and O–H groups in total. The van der Waals surface area contributed by atoms with Gasteiger partial charge in [-0.2, -0.15) is 0 Å². The Morgan fingerprint density at radius 1 is 1.29 bits per heavy atom. The highest BCUT2D eigenvalue weighted by Crippen LogP contribution is 2.13. The van der Waals surface area contributed by atoms with E-state index in [1.165, 1.54) is 0 Å². The molecule has 3 heteroatoms. The van der Waals surface area contributed by atoms with Crippen LogP contribution < -0.4 is 5.56 Å². The predicted molar refractivity (Wildman–Crippen MR) is 58.8 cm³/mol. The van der Waals surface area contributed by atoms with Gasteiger partial charge in [-0.1, -0.05) is 20.8 Å². The Labute approximate surface area is 85.1 Å². The maximum atomic E-state index is 11.9. The van der Waals surface area contributed by atoms with Gasteiger partial charge in [-0.15, -0.1) is 0 Å². The molecule has 0 aliphatic carbocycles. The van der Waals surface area contributed by atoms with Gasteiger partial charge in [0.15, 0.2) is 0 Å². The third kappa shape index (κ3) is 1.76. The first-order valence-electron chi connectivity index (χ1n) is 5.45. The van der Waals surface area contributed by atoms with E-state index in [9.17, 15) is 4.79 Å². The van der Waals surface area contributed by atoms with Crippen molar-refractivity contribution in [3.05, 3.63) is 21.6 Å². The quantitative estimate of drug-likeness (QED) is 0.789. The molecule has 0 bridgehead atoms. The first kappa shape index (κ1) is 11.1. The van der Waals surface area contributed by atoms with Crippen molar-refractivity contribution in [1.29, 1.82) is 0 Å². The third-order valence-electron chi connectivity index (χ3n) is 2.88. The summed E-state index contributed by atoms with van der Waals surface area (Å²) in [5.41, 5.74) is 2.11. The monoisotopic (exact) mass is 196 g/mol. The zero-order valence-electron chi connectivity index (χ0n) is 9.55. The van der Waals surface area contributed by atoms with E-state index >= 15 is 0 Å². The van der Waals surface area contributed by atoms with E-state index in [4.69, 9.17) is 0 Å². The van der Waals surface area contributed by atoms with Crippen LogP contribution in [-0.2, 0) is 6.42 Å². The maximum absolute atomic E-state index is 11.9. The largest absolute Gasteiger partial charge is 0.299 e. The Balaban J connectivity index is 3.16. The van der Waals surface area contributed by atoms with Crippen LogP contribution in [0.2, 0.25) is 0 Å². The first-order valence-corrected chi connectivity index (χ1v) is 5.45. The SMILES string of the molecule is CCc1c(C)[nH]n(C(CC)CC)c1=O. The topological polar surface area (TPSA) is 37.8 Å². The lowest BCUT2D eigenvalue weighted by Crippen LogP contribution is -2.23. The highest BCUT2D eigenvalue weighted by Gasteiger charge is 2.14. The van der Waals surface area contributed by atoms with Gasteiger partial charge >= 0.3 is 0 Å². The van der Waals surface area contributed by atoms with Crippen LogP contribution in [0.5, 0.6) is 0 Å². The number of aromatic amines is 1. The molecule has 0 atom stereocenters. The van der Waals surface area contributed by atoms with Gasteiger partial charge in [0, 0.05) is 11.3 Å². The van der Waals surface area contributed by atoms with Crippen molar-refractivity contribution >= 4 is 0 Å². The van der Waals surface area contributed by atoms with Crippen LogP contribution in [0.4, 0.5) is 0 Å². The first-order chi connectivity index (χ1) is 6.65. The molecule has 1 aromatic heterocycles. The fourth-order valence-electron chi connectivity index (χ4n) is 1.93. The maximum Gasteiger partial charge on any atom is 0.270 e. The summed E-state index contributed by atoms with van der Waals surface area (Å²) in [7, 11) is 0. The minimum absolute atomic E-state index is 0.165. The Morgan fingerprint density at radius 2 is 1.86 bits per heavy atom. The summed E-state index contributed by atoms with van der Waals surface area (Å²) >= 11 is 0. The van der Waals surface area contributed by atoms with Crippen molar-refractivity contribution in [2.45, 2.75) is 53.0 Å². The van der Waals surface area contributed by atoms with Crippen molar-refractivity contribution in [3.63, 3.8) is 0 Å². The lowest BCUT2D eigenvalue weighted by molar-refractivity contribution is 0.416. The predicted octanol–water partition coefficient (Wildman–Crippen LogP) is 2.41. The van der Waals surface area contributed by atoms with E-state index < -0.39 is 0 Å². The molecular weight excluding hydrogens is 176 g/mol. The Bertz CT molecular complexity index is 345. The number of rotatable bonds is 4. The molecule has 1 heterocycles. The van der Waals surface area contributed by atoms with E-state index in [0.717, 1.165) is 30.5 Å². The van der Waals surface area contributed by atoms with Gasteiger partial charge in [0.1, 0.15) is 0 Å². The summed E-state index contributed by atoms with van der Waals surface area (Å²) in [5, 5.41) is 3.17. The normalized spacial score (nSPS) is 11.2. The zero-order valence-corrected chi connectivity index (χ0v) is 9.55. The average molecular weight is 196 g/mol. The molecule has 1 aromatic rings. The average Bonchev–Trinajstić information content (AvgIpc) is 2.45. The molecule has 0 aliphatic rings. The van der Waals surface area contributed by atoms with Crippen molar-refractivity contribution in [2.75, 3.05) is 0 Å². The Hall–Kier alpha value is -0.990. The van der Waals surface area contributed by atoms with Crippen LogP contribution in [0.15, 0.2) is 4.79 Å². The van der Waals surface area contributed by atoms with Crippen LogP contribution in [0.25, 0.3) is 0 Å². The summed E-state index contributed by atoms with van der Waals surface area (Å²) in [6, 6.07) is 0.321. The van der Waals surface area contributed by atoms with Crippen molar-refractivity contribution in [1.82, 2.24) is 9.78 Å². The second-order valence-electron chi connectivity index (χ2n) is 3.71. The van der Waals surface area contributed by atoms with E-state index in [0.29, 0.717) is 6.04 Å². The number of H-pyrrole nitrogens is 1. The van der Waals surface area contributed by atoms with Crippen LogP contribution in [-0.4, -0.2) is 9.78 Å². The van der Waals surface area contributed by atoms with E-state index in [-0.39, 0.29) is 5.56 Å². The van der Waals surface area contributed by atoms with Crippen molar-refractivity contribution in [2.24, 2.45) is 0 Å². The molecule has 14 heavy (non-hydrogen) atoms. The highest BCUT2D eigenvalue weighted by molar-refractivity contribution is 5.15. The van der Waals surface area contributed by atoms with Crippen LogP contribution >= 0.6 is 0 Å². The van der Waals surface area contributed by atoms with Gasteiger partial charge < -0.3 is 0 Å². The van der Waals surface area contributed by atoms with Crippen LogP contribution in [0, 0.1) is 6.92 Å². The molecule has 1 rings (SSSR count). The molecule has 0 aliphatic heterocycles. The van der Waals surface area contributed by atoms with E-state index in [1.807, 2.05) is 13.8 Å². The number of nitrogens with one attached hydrogen (secondary N) is 1.